The van der Waals surface area contributed by atoms with Crippen molar-refractivity contribution in [1.82, 2.24) is 10.6 Å². The molecule has 0 bridgehead atoms. The van der Waals surface area contributed by atoms with Crippen LogP contribution in [-0.2, 0) is 4.79 Å². The third kappa shape index (κ3) is 5.97. The molecule has 4 N–H and O–H groups in total. The van der Waals surface area contributed by atoms with E-state index in [1.165, 1.54) is 11.8 Å². The van der Waals surface area contributed by atoms with Gasteiger partial charge in [-0.25, -0.2) is 4.79 Å². The van der Waals surface area contributed by atoms with Crippen molar-refractivity contribution in [3.63, 3.8) is 0 Å². The number of imide groups is 1. The Morgan fingerprint density at radius 2 is 2.10 bits per heavy atom. The minimum atomic E-state index is -0.443. The molecule has 5 nitrogen and oxygen atoms in total. The summed E-state index contributed by atoms with van der Waals surface area (Å²) in [6.45, 7) is 4.58. The minimum absolute atomic E-state index is 0.162. The van der Waals surface area contributed by atoms with Crippen LogP contribution in [0.2, 0.25) is 0 Å². The Morgan fingerprint density at radius 3 is 2.80 bits per heavy atom. The molecule has 0 aliphatic rings. The third-order valence-electron chi connectivity index (χ3n) is 2.60. The average molecular weight is 295 g/mol. The summed E-state index contributed by atoms with van der Waals surface area (Å²) < 4.78 is 0. The fraction of sp³-hybridized carbons (Fsp3) is 0.429. The lowest BCUT2D eigenvalue weighted by Crippen LogP contribution is -2.40. The van der Waals surface area contributed by atoms with E-state index in [-0.39, 0.29) is 11.7 Å². The largest absolute Gasteiger partial charge is 0.398 e. The molecule has 1 aromatic rings. The Bertz CT molecular complexity index is 477. The minimum Gasteiger partial charge on any atom is -0.398 e. The monoisotopic (exact) mass is 295 g/mol. The van der Waals surface area contributed by atoms with Crippen LogP contribution in [0.4, 0.5) is 10.5 Å². The van der Waals surface area contributed by atoms with E-state index in [2.05, 4.69) is 10.6 Å². The maximum Gasteiger partial charge on any atom is 0.321 e. The molecular weight excluding hydrogens is 274 g/mol. The zero-order chi connectivity index (χ0) is 15.0. The number of thioether (sulfide) groups is 1. The number of carbonyl (C=O) groups excluding carboxylic acids is 2. The van der Waals surface area contributed by atoms with Gasteiger partial charge >= 0.3 is 6.03 Å². The first-order chi connectivity index (χ1) is 9.52. The fourth-order valence-electron chi connectivity index (χ4n) is 1.50. The van der Waals surface area contributed by atoms with Crippen LogP contribution in [0, 0.1) is 6.92 Å². The van der Waals surface area contributed by atoms with E-state index >= 15 is 0 Å². The van der Waals surface area contributed by atoms with Gasteiger partial charge in [0.05, 0.1) is 5.75 Å². The molecular formula is C14H21N3O2S. The Labute approximate surface area is 123 Å². The van der Waals surface area contributed by atoms with E-state index in [0.717, 1.165) is 23.3 Å². The van der Waals surface area contributed by atoms with Crippen LogP contribution in [0.5, 0.6) is 0 Å². The molecule has 110 valence electrons. The van der Waals surface area contributed by atoms with Gasteiger partial charge in [-0.1, -0.05) is 19.4 Å². The zero-order valence-corrected chi connectivity index (χ0v) is 12.7. The Morgan fingerprint density at radius 1 is 1.35 bits per heavy atom. The van der Waals surface area contributed by atoms with E-state index in [1.54, 1.807) is 0 Å². The highest BCUT2D eigenvalue weighted by molar-refractivity contribution is 8.00. The summed E-state index contributed by atoms with van der Waals surface area (Å²) in [6.07, 6.45) is 1.90. The molecule has 0 saturated carbocycles. The number of amides is 3. The summed E-state index contributed by atoms with van der Waals surface area (Å²) in [6, 6.07) is 5.21. The predicted octanol–water partition coefficient (Wildman–Crippen LogP) is 2.30. The van der Waals surface area contributed by atoms with E-state index < -0.39 is 6.03 Å². The molecule has 0 fully saturated rings. The Kier molecular flexibility index (Phi) is 6.93. The van der Waals surface area contributed by atoms with Gasteiger partial charge < -0.3 is 11.1 Å². The maximum atomic E-state index is 11.6. The highest BCUT2D eigenvalue weighted by Crippen LogP contribution is 2.25. The first-order valence-corrected chi connectivity index (χ1v) is 7.58. The third-order valence-corrected chi connectivity index (χ3v) is 3.67. The van der Waals surface area contributed by atoms with Gasteiger partial charge in [-0.2, -0.15) is 0 Å². The summed E-state index contributed by atoms with van der Waals surface area (Å²) in [5.74, 6) is -0.167. The zero-order valence-electron chi connectivity index (χ0n) is 11.9. The van der Waals surface area contributed by atoms with Crippen molar-refractivity contribution >= 4 is 29.4 Å². The number of urea groups is 1. The van der Waals surface area contributed by atoms with Crippen molar-refractivity contribution < 1.29 is 9.59 Å². The number of nitrogens with two attached hydrogens (primary N) is 1. The Balaban J connectivity index is 2.36. The van der Waals surface area contributed by atoms with E-state index in [0.29, 0.717) is 12.2 Å². The highest BCUT2D eigenvalue weighted by atomic mass is 32.2. The van der Waals surface area contributed by atoms with Gasteiger partial charge in [-0.3, -0.25) is 10.1 Å². The molecule has 0 radical (unpaired) electrons. The number of carbonyl (C=O) groups is 2. The van der Waals surface area contributed by atoms with Crippen molar-refractivity contribution in [2.24, 2.45) is 0 Å². The average Bonchev–Trinajstić information content (AvgIpc) is 2.40. The maximum absolute atomic E-state index is 11.6. The molecule has 1 rings (SSSR count). The molecule has 0 aliphatic heterocycles. The number of rotatable bonds is 6. The van der Waals surface area contributed by atoms with Gasteiger partial charge in [0.15, 0.2) is 0 Å². The van der Waals surface area contributed by atoms with Gasteiger partial charge in [0.2, 0.25) is 5.91 Å². The second kappa shape index (κ2) is 8.47. The van der Waals surface area contributed by atoms with Gasteiger partial charge in [-0.15, -0.1) is 11.8 Å². The summed E-state index contributed by atoms with van der Waals surface area (Å²) in [5.41, 5.74) is 7.55. The first kappa shape index (κ1) is 16.4. The summed E-state index contributed by atoms with van der Waals surface area (Å²) in [5, 5.41) is 4.92. The van der Waals surface area contributed by atoms with E-state index in [1.807, 2.05) is 32.0 Å². The molecule has 0 aliphatic carbocycles. The molecule has 20 heavy (non-hydrogen) atoms. The van der Waals surface area contributed by atoms with Crippen LogP contribution < -0.4 is 16.4 Å². The summed E-state index contributed by atoms with van der Waals surface area (Å²) in [7, 11) is 0. The quantitative estimate of drug-likeness (QED) is 0.427. The number of aryl methyl sites for hydroxylation is 1. The van der Waals surface area contributed by atoms with Crippen LogP contribution >= 0.6 is 11.8 Å². The van der Waals surface area contributed by atoms with Crippen LogP contribution in [0.1, 0.15) is 25.3 Å². The fourth-order valence-corrected chi connectivity index (χ4v) is 2.36. The molecule has 0 saturated heterocycles. The summed E-state index contributed by atoms with van der Waals surface area (Å²) in [4.78, 5) is 23.9. The second-order valence-electron chi connectivity index (χ2n) is 4.49. The van der Waals surface area contributed by atoms with Gasteiger partial charge in [-0.05, 0) is 31.0 Å². The van der Waals surface area contributed by atoms with Gasteiger partial charge in [0.25, 0.3) is 0 Å². The molecule has 0 spiro atoms. The number of nitrogens with one attached hydrogen (secondary N) is 2. The van der Waals surface area contributed by atoms with Crippen molar-refractivity contribution in [2.45, 2.75) is 31.6 Å². The lowest BCUT2D eigenvalue weighted by Gasteiger charge is -2.08. The van der Waals surface area contributed by atoms with Gasteiger partial charge in [0, 0.05) is 17.1 Å². The lowest BCUT2D eigenvalue weighted by molar-refractivity contribution is -0.117. The molecule has 0 atom stereocenters. The van der Waals surface area contributed by atoms with Gasteiger partial charge in [0.1, 0.15) is 0 Å². The number of anilines is 1. The first-order valence-electron chi connectivity index (χ1n) is 6.59. The number of hydrogen-bond acceptors (Lipinski definition) is 4. The second-order valence-corrected chi connectivity index (χ2v) is 5.50. The molecule has 3 amide bonds. The lowest BCUT2D eigenvalue weighted by atomic mass is 10.2. The summed E-state index contributed by atoms with van der Waals surface area (Å²) >= 11 is 1.32. The van der Waals surface area contributed by atoms with Crippen molar-refractivity contribution in [3.8, 4) is 0 Å². The van der Waals surface area contributed by atoms with Crippen molar-refractivity contribution in [3.05, 3.63) is 23.8 Å². The number of unbranched alkanes of at least 4 members (excludes halogenated alkanes) is 1. The number of nitrogen functional groups attached to an aromatic ring is 1. The normalized spacial score (nSPS) is 10.1. The van der Waals surface area contributed by atoms with E-state index in [9.17, 15) is 9.59 Å². The highest BCUT2D eigenvalue weighted by Gasteiger charge is 2.09. The SMILES string of the molecule is CCCCNC(=O)NC(=O)CSc1cc(C)ccc1N. The van der Waals surface area contributed by atoms with Crippen molar-refractivity contribution in [2.75, 3.05) is 18.0 Å². The van der Waals surface area contributed by atoms with Crippen molar-refractivity contribution in [1.29, 1.82) is 0 Å². The van der Waals surface area contributed by atoms with Crippen LogP contribution in [0.25, 0.3) is 0 Å². The van der Waals surface area contributed by atoms with Crippen LogP contribution in [0.3, 0.4) is 0 Å². The smallest absolute Gasteiger partial charge is 0.321 e. The number of hydrogen-bond donors (Lipinski definition) is 3. The number of benzene rings is 1. The van der Waals surface area contributed by atoms with Crippen LogP contribution in [0.15, 0.2) is 23.1 Å². The molecule has 0 unspecified atom stereocenters. The molecule has 0 aromatic heterocycles. The molecule has 1 aromatic carbocycles. The Hall–Kier alpha value is -1.69. The van der Waals surface area contributed by atoms with E-state index in [4.69, 9.17) is 5.73 Å². The standard InChI is InChI=1S/C14H21N3O2S/c1-3-4-7-16-14(19)17-13(18)9-20-12-8-10(2)5-6-11(12)15/h5-6,8H,3-4,7,9,15H2,1-2H3,(H2,16,17,18,19). The topological polar surface area (TPSA) is 84.2 Å². The predicted molar refractivity (Wildman–Crippen MR) is 82.8 cm³/mol. The molecule has 0 heterocycles. The van der Waals surface area contributed by atoms with Crippen LogP contribution in [-0.4, -0.2) is 24.2 Å². The molecule has 6 heteroatoms.